The molecule has 4 aliphatic heterocycles. The van der Waals surface area contributed by atoms with Gasteiger partial charge in [-0.05, 0) is 42.5 Å². The predicted octanol–water partition coefficient (Wildman–Crippen LogP) is -7.42. The molecule has 0 saturated carbocycles. The van der Waals surface area contributed by atoms with Crippen LogP contribution < -0.4 is 18.9 Å². The smallest absolute Gasteiger partial charge is 0.263 e. The van der Waals surface area contributed by atoms with Gasteiger partial charge in [0.25, 0.3) is 23.1 Å². The van der Waals surface area contributed by atoms with E-state index >= 15 is 0 Å². The summed E-state index contributed by atoms with van der Waals surface area (Å²) in [6, 6.07) is 8.03. The summed E-state index contributed by atoms with van der Waals surface area (Å²) in [6.07, 6.45) is -19.4. The van der Waals surface area contributed by atoms with Crippen molar-refractivity contribution in [3.05, 3.63) is 47.5 Å². The Bertz CT molecular complexity index is 1700. The first-order valence-electron chi connectivity index (χ1n) is 20.0. The summed E-state index contributed by atoms with van der Waals surface area (Å²) < 4.78 is 46.0. The van der Waals surface area contributed by atoms with Gasteiger partial charge in [-0.1, -0.05) is 12.1 Å². The summed E-state index contributed by atoms with van der Waals surface area (Å²) in [5.74, 6) is -9.90. The summed E-state index contributed by atoms with van der Waals surface area (Å²) in [5.41, 5.74) is 0.637. The lowest BCUT2D eigenvalue weighted by atomic mass is 10.0. The summed E-state index contributed by atoms with van der Waals surface area (Å²) in [4.78, 5) is 0. The van der Waals surface area contributed by atoms with Gasteiger partial charge < -0.3 is 120 Å². The summed E-state index contributed by atoms with van der Waals surface area (Å²) in [6.45, 7) is -7.10. The van der Waals surface area contributed by atoms with Crippen LogP contribution in [-0.4, -0.2) is 231 Å². The summed E-state index contributed by atoms with van der Waals surface area (Å²) in [5, 5.41) is 165. The van der Waals surface area contributed by atoms with Crippen LogP contribution in [0, 0.1) is 0 Å². The highest BCUT2D eigenvalue weighted by Gasteiger charge is 2.60. The molecule has 0 aliphatic carbocycles. The van der Waals surface area contributed by atoms with Gasteiger partial charge in [0.2, 0.25) is 0 Å². The van der Waals surface area contributed by atoms with Crippen LogP contribution in [0.25, 0.3) is 0 Å². The van der Waals surface area contributed by atoms with E-state index in [1.54, 1.807) is 0 Å². The Balaban J connectivity index is 1.32. The number of aliphatic hydroxyl groups excluding tert-OH is 16. The minimum atomic E-state index is -2.35. The van der Waals surface area contributed by atoms with Crippen LogP contribution in [0.3, 0.4) is 0 Å². The first kappa shape index (κ1) is 49.3. The van der Waals surface area contributed by atoms with Crippen molar-refractivity contribution in [3.8, 4) is 23.0 Å². The number of hydrogen-bond donors (Lipinski definition) is 16. The molecule has 2 aromatic carbocycles. The van der Waals surface area contributed by atoms with E-state index in [9.17, 15) is 81.7 Å². The molecule has 2 aromatic rings. The van der Waals surface area contributed by atoms with Gasteiger partial charge in [-0.25, -0.2) is 0 Å². The molecular weight excluding hydrogens is 852 g/mol. The fourth-order valence-electron chi connectivity index (χ4n) is 8.05. The van der Waals surface area contributed by atoms with E-state index in [1.165, 1.54) is 36.4 Å². The van der Waals surface area contributed by atoms with E-state index in [4.69, 9.17) is 37.9 Å². The van der Waals surface area contributed by atoms with Crippen LogP contribution in [0.4, 0.5) is 0 Å². The largest absolute Gasteiger partial charge is 0.457 e. The van der Waals surface area contributed by atoms with E-state index in [0.717, 1.165) is 0 Å². The zero-order chi connectivity index (χ0) is 46.1. The first-order valence-corrected chi connectivity index (χ1v) is 20.0. The van der Waals surface area contributed by atoms with Gasteiger partial charge in [0.05, 0.1) is 26.4 Å². The Hall–Kier alpha value is -3.16. The van der Waals surface area contributed by atoms with Crippen molar-refractivity contribution in [3.63, 3.8) is 0 Å². The topological polar surface area (TPSA) is 398 Å². The van der Waals surface area contributed by atoms with Gasteiger partial charge in [-0.15, -0.1) is 0 Å². The second-order valence-corrected chi connectivity index (χ2v) is 15.8. The third kappa shape index (κ3) is 9.06. The highest BCUT2D eigenvalue weighted by Crippen LogP contribution is 2.42. The minimum absolute atomic E-state index is 0.0656. The van der Waals surface area contributed by atoms with Gasteiger partial charge in [0.1, 0.15) is 123 Å². The summed E-state index contributed by atoms with van der Waals surface area (Å²) in [7, 11) is 0. The van der Waals surface area contributed by atoms with Crippen molar-refractivity contribution in [2.75, 3.05) is 52.9 Å². The Morgan fingerprint density at radius 1 is 0.397 bits per heavy atom. The standard InChI is InChI=1S/C39H56O24/c40-10-24-28(48)32(52)36(14-44,60-24)56-20-6-4-18(22(8-20)58-38(16-46)34(54)30(50)26(12-42)62-38)2-1-3-19-5-7-21(57-37(15-45)33(53)29(49)25(11-41)61-37)9-23(19)59-39(17-47)35(55)31(51)27(13-43)63-39/h4-9,24-35,40-55H,1-3,10-17H2/t24-,25-,26-,27-,28-,29-,30-,31-,32+,33+,34+,35+,36?,37?,38?,39?/m1/s1. The molecule has 0 aromatic heterocycles. The van der Waals surface area contributed by atoms with Crippen molar-refractivity contribution in [2.45, 2.75) is 116 Å². The molecule has 16 atom stereocenters. The van der Waals surface area contributed by atoms with Crippen LogP contribution in [0.2, 0.25) is 0 Å². The van der Waals surface area contributed by atoms with Gasteiger partial charge in [-0.3, -0.25) is 0 Å². The zero-order valence-electron chi connectivity index (χ0n) is 33.6. The van der Waals surface area contributed by atoms with Crippen molar-refractivity contribution in [1.29, 1.82) is 0 Å². The average Bonchev–Trinajstić information content (AvgIpc) is 3.88. The Morgan fingerprint density at radius 2 is 0.667 bits per heavy atom. The van der Waals surface area contributed by atoms with E-state index in [2.05, 4.69) is 0 Å². The Kier molecular flexibility index (Phi) is 15.4. The monoisotopic (exact) mass is 908 g/mol. The third-order valence-electron chi connectivity index (χ3n) is 11.7. The summed E-state index contributed by atoms with van der Waals surface area (Å²) >= 11 is 0. The van der Waals surface area contributed by atoms with Gasteiger partial charge >= 0.3 is 0 Å². The molecule has 356 valence electrons. The highest BCUT2D eigenvalue weighted by atomic mass is 16.8. The Morgan fingerprint density at radius 3 is 0.905 bits per heavy atom. The highest BCUT2D eigenvalue weighted by molar-refractivity contribution is 5.44. The van der Waals surface area contributed by atoms with Gasteiger partial charge in [0, 0.05) is 12.1 Å². The maximum atomic E-state index is 10.9. The fraction of sp³-hybridized carbons (Fsp3) is 0.692. The number of aliphatic hydroxyl groups is 16. The Labute approximate surface area is 358 Å². The van der Waals surface area contributed by atoms with E-state index in [-0.39, 0.29) is 42.3 Å². The van der Waals surface area contributed by atoms with Gasteiger partial charge in [-0.2, -0.15) is 0 Å². The maximum absolute atomic E-state index is 10.9. The van der Waals surface area contributed by atoms with Crippen molar-refractivity contribution in [2.24, 2.45) is 0 Å². The van der Waals surface area contributed by atoms with Crippen LogP contribution in [0.1, 0.15) is 17.5 Å². The van der Waals surface area contributed by atoms with Gasteiger partial charge in [0.15, 0.2) is 0 Å². The third-order valence-corrected chi connectivity index (χ3v) is 11.7. The van der Waals surface area contributed by atoms with Crippen molar-refractivity contribution in [1.82, 2.24) is 0 Å². The lowest BCUT2D eigenvalue weighted by Crippen LogP contribution is -2.51. The van der Waals surface area contributed by atoms with Crippen LogP contribution in [-0.2, 0) is 31.8 Å². The molecule has 0 bridgehead atoms. The molecule has 0 amide bonds. The first-order chi connectivity index (χ1) is 30.0. The van der Waals surface area contributed by atoms with Crippen LogP contribution >= 0.6 is 0 Å². The number of aryl methyl sites for hydroxylation is 2. The molecule has 16 N–H and O–H groups in total. The molecule has 24 heteroatoms. The second-order valence-electron chi connectivity index (χ2n) is 15.8. The zero-order valence-corrected chi connectivity index (χ0v) is 33.6. The minimum Gasteiger partial charge on any atom is -0.457 e. The van der Waals surface area contributed by atoms with E-state index in [1.807, 2.05) is 0 Å². The van der Waals surface area contributed by atoms with Crippen LogP contribution in [0.5, 0.6) is 23.0 Å². The molecule has 0 radical (unpaired) electrons. The maximum Gasteiger partial charge on any atom is 0.263 e. The molecule has 4 aliphatic rings. The fourth-order valence-corrected chi connectivity index (χ4v) is 8.05. The molecule has 63 heavy (non-hydrogen) atoms. The van der Waals surface area contributed by atoms with Crippen molar-refractivity contribution < 1.29 is 120 Å². The average molecular weight is 909 g/mol. The lowest BCUT2D eigenvalue weighted by Gasteiger charge is -2.33. The number of rotatable bonds is 20. The quantitative estimate of drug-likeness (QED) is 0.0587. The number of ether oxygens (including phenoxy) is 8. The lowest BCUT2D eigenvalue weighted by molar-refractivity contribution is -0.233. The van der Waals surface area contributed by atoms with E-state index in [0.29, 0.717) is 11.1 Å². The molecular formula is C39H56O24. The normalized spacial score (nSPS) is 40.1. The molecule has 4 unspecified atom stereocenters. The SMILES string of the molecule is OC[C@H]1OC(CO)(Oc2ccc(CCCc3ccc(OC4(CO)O[C@H](CO)[C@@H](O)[C@@H]4O)cc3OC3(CO)O[C@H](CO)[C@@H](O)[C@@H]3O)c(OC3(CO)O[C@H](CO)[C@@H](O)[C@@H]3O)c2)[C@@H](O)[C@@H]1O. The van der Waals surface area contributed by atoms with Crippen LogP contribution in [0.15, 0.2) is 36.4 Å². The molecule has 24 nitrogen and oxygen atoms in total. The number of hydrogen-bond acceptors (Lipinski definition) is 24. The van der Waals surface area contributed by atoms with E-state index < -0.39 is 149 Å². The predicted molar refractivity (Wildman–Crippen MR) is 203 cm³/mol. The number of benzene rings is 2. The molecule has 4 fully saturated rings. The molecule has 6 rings (SSSR count). The second kappa shape index (κ2) is 19.7. The van der Waals surface area contributed by atoms with Crippen molar-refractivity contribution >= 4 is 0 Å². The molecule has 4 saturated heterocycles. The molecule has 4 heterocycles. The molecule has 0 spiro atoms.